The highest BCUT2D eigenvalue weighted by Gasteiger charge is 2.26. The molecule has 0 radical (unpaired) electrons. The van der Waals surface area contributed by atoms with Crippen molar-refractivity contribution in [3.63, 3.8) is 0 Å². The minimum Gasteiger partial charge on any atom is -0.480 e. The number of ether oxygens (including phenoxy) is 2. The van der Waals surface area contributed by atoms with Crippen molar-refractivity contribution in [1.82, 2.24) is 4.90 Å². The first-order valence-corrected chi connectivity index (χ1v) is 7.20. The Hall–Kier alpha value is -2.12. The lowest BCUT2D eigenvalue weighted by atomic mass is 10.2. The van der Waals surface area contributed by atoms with Crippen molar-refractivity contribution in [3.05, 3.63) is 35.9 Å². The van der Waals surface area contributed by atoms with Gasteiger partial charge in [0.1, 0.15) is 12.1 Å². The molecular weight excluding hydrogens is 302 g/mol. The van der Waals surface area contributed by atoms with Crippen LogP contribution in [0.15, 0.2) is 30.3 Å². The van der Waals surface area contributed by atoms with Gasteiger partial charge < -0.3 is 19.7 Å². The molecule has 1 atom stereocenters. The zero-order valence-corrected chi connectivity index (χ0v) is 13.6. The third kappa shape index (κ3) is 8.18. The van der Waals surface area contributed by atoms with E-state index in [1.807, 2.05) is 30.3 Å². The molecular formula is C16H23NO6. The number of nitrogens with zero attached hydrogens (tertiary/aromatic N) is 1. The van der Waals surface area contributed by atoms with Gasteiger partial charge in [-0.1, -0.05) is 30.3 Å². The predicted molar refractivity (Wildman–Crippen MR) is 82.7 cm³/mol. The van der Waals surface area contributed by atoms with Crippen molar-refractivity contribution < 1.29 is 29.3 Å². The van der Waals surface area contributed by atoms with Gasteiger partial charge in [-0.05, 0) is 26.3 Å². The van der Waals surface area contributed by atoms with Crippen molar-refractivity contribution >= 4 is 12.1 Å². The number of aliphatic carboxylic acids is 1. The normalized spacial score (nSPS) is 12.5. The number of rotatable bonds is 7. The first-order chi connectivity index (χ1) is 10.7. The minimum absolute atomic E-state index is 0.150. The summed E-state index contributed by atoms with van der Waals surface area (Å²) in [5.41, 5.74) is 0.0950. The van der Waals surface area contributed by atoms with Gasteiger partial charge in [0.05, 0.1) is 13.2 Å². The third-order valence-electron chi connectivity index (χ3n) is 2.64. The molecule has 0 saturated carbocycles. The molecule has 23 heavy (non-hydrogen) atoms. The lowest BCUT2D eigenvalue weighted by molar-refractivity contribution is -0.142. The van der Waals surface area contributed by atoms with Crippen LogP contribution in [0.3, 0.4) is 0 Å². The van der Waals surface area contributed by atoms with Gasteiger partial charge in [-0.25, -0.2) is 4.79 Å². The molecule has 1 amide bonds. The molecule has 1 rings (SSSR count). The number of carbonyl (C=O) groups excluding carboxylic acids is 1. The fourth-order valence-electron chi connectivity index (χ4n) is 1.70. The lowest BCUT2D eigenvalue weighted by Crippen LogP contribution is -2.44. The standard InChI is InChI=1S/C16H23NO6/c1-16(2,3)23-15(21)17(9-13(18)19)10-14(20)22-11-12-7-5-4-6-8-12/h4-8,14,20H,9-11H2,1-3H3,(H,18,19)/t14-/m0/s1. The van der Waals surface area contributed by atoms with Gasteiger partial charge in [-0.3, -0.25) is 9.69 Å². The first kappa shape index (κ1) is 18.9. The van der Waals surface area contributed by atoms with Crippen LogP contribution in [0, 0.1) is 0 Å². The molecule has 0 aliphatic heterocycles. The molecule has 7 nitrogen and oxygen atoms in total. The number of carboxylic acid groups (broad SMARTS) is 1. The second-order valence-electron chi connectivity index (χ2n) is 6.01. The van der Waals surface area contributed by atoms with Gasteiger partial charge in [-0.15, -0.1) is 0 Å². The molecule has 0 aliphatic rings. The Morgan fingerprint density at radius 3 is 2.35 bits per heavy atom. The number of carbonyl (C=O) groups is 2. The van der Waals surface area contributed by atoms with E-state index in [1.54, 1.807) is 20.8 Å². The number of aliphatic hydroxyl groups excluding tert-OH is 1. The van der Waals surface area contributed by atoms with Crippen molar-refractivity contribution in [1.29, 1.82) is 0 Å². The van der Waals surface area contributed by atoms with Crippen LogP contribution >= 0.6 is 0 Å². The van der Waals surface area contributed by atoms with E-state index < -0.39 is 30.5 Å². The molecule has 1 aromatic carbocycles. The van der Waals surface area contributed by atoms with E-state index in [0.717, 1.165) is 10.5 Å². The molecule has 7 heteroatoms. The molecule has 0 aliphatic carbocycles. The summed E-state index contributed by atoms with van der Waals surface area (Å²) < 4.78 is 10.4. The van der Waals surface area contributed by atoms with Gasteiger partial charge in [0.25, 0.3) is 0 Å². The van der Waals surface area contributed by atoms with E-state index in [2.05, 4.69) is 0 Å². The van der Waals surface area contributed by atoms with E-state index in [1.165, 1.54) is 0 Å². The van der Waals surface area contributed by atoms with Crippen molar-refractivity contribution in [2.24, 2.45) is 0 Å². The highest BCUT2D eigenvalue weighted by Crippen LogP contribution is 2.11. The van der Waals surface area contributed by atoms with Crippen molar-refractivity contribution in [2.45, 2.75) is 39.3 Å². The summed E-state index contributed by atoms with van der Waals surface area (Å²) >= 11 is 0. The number of carboxylic acids is 1. The van der Waals surface area contributed by atoms with Gasteiger partial charge in [0.2, 0.25) is 0 Å². The monoisotopic (exact) mass is 325 g/mol. The van der Waals surface area contributed by atoms with Gasteiger partial charge in [-0.2, -0.15) is 0 Å². The second-order valence-corrected chi connectivity index (χ2v) is 6.01. The Morgan fingerprint density at radius 1 is 1.22 bits per heavy atom. The van der Waals surface area contributed by atoms with E-state index in [0.29, 0.717) is 0 Å². The first-order valence-electron chi connectivity index (χ1n) is 7.20. The molecule has 2 N–H and O–H groups in total. The minimum atomic E-state index is -1.32. The molecule has 1 aromatic rings. The largest absolute Gasteiger partial charge is 0.480 e. The van der Waals surface area contributed by atoms with Crippen LogP contribution in [-0.4, -0.2) is 52.2 Å². The highest BCUT2D eigenvalue weighted by molar-refractivity contribution is 5.76. The maximum absolute atomic E-state index is 12.0. The average Bonchev–Trinajstić information content (AvgIpc) is 2.43. The fourth-order valence-corrected chi connectivity index (χ4v) is 1.70. The summed E-state index contributed by atoms with van der Waals surface area (Å²) in [7, 11) is 0. The number of benzene rings is 1. The van der Waals surface area contributed by atoms with Crippen molar-refractivity contribution in [2.75, 3.05) is 13.1 Å². The summed E-state index contributed by atoms with van der Waals surface area (Å²) in [5, 5.41) is 18.8. The Bertz CT molecular complexity index is 511. The second kappa shape index (κ2) is 8.50. The molecule has 128 valence electrons. The van der Waals surface area contributed by atoms with Crippen LogP contribution in [0.25, 0.3) is 0 Å². The average molecular weight is 325 g/mol. The van der Waals surface area contributed by atoms with Crippen molar-refractivity contribution in [3.8, 4) is 0 Å². The molecule has 0 spiro atoms. The number of aliphatic hydroxyl groups is 1. The number of amides is 1. The number of hydrogen-bond acceptors (Lipinski definition) is 5. The Balaban J connectivity index is 2.58. The Morgan fingerprint density at radius 2 is 1.83 bits per heavy atom. The SMILES string of the molecule is CC(C)(C)OC(=O)N(CC(=O)O)C[C@@H](O)OCc1ccccc1. The predicted octanol–water partition coefficient (Wildman–Crippen LogP) is 1.84. The summed E-state index contributed by atoms with van der Waals surface area (Å²) in [5.74, 6) is -1.20. The fraction of sp³-hybridized carbons (Fsp3) is 0.500. The Labute approximate surface area is 135 Å². The molecule has 0 aromatic heterocycles. The van der Waals surface area contributed by atoms with Gasteiger partial charge in [0, 0.05) is 0 Å². The van der Waals surface area contributed by atoms with Crippen LogP contribution in [-0.2, 0) is 20.9 Å². The maximum Gasteiger partial charge on any atom is 0.410 e. The van der Waals surface area contributed by atoms with Crippen LogP contribution in [0.2, 0.25) is 0 Å². The summed E-state index contributed by atoms with van der Waals surface area (Å²) in [6.45, 7) is 4.29. The van der Waals surface area contributed by atoms with Crippen LogP contribution in [0.5, 0.6) is 0 Å². The quantitative estimate of drug-likeness (QED) is 0.743. The van der Waals surface area contributed by atoms with Gasteiger partial charge >= 0.3 is 12.1 Å². The summed E-state index contributed by atoms with van der Waals surface area (Å²) in [4.78, 5) is 23.7. The highest BCUT2D eigenvalue weighted by atomic mass is 16.6. The topological polar surface area (TPSA) is 96.3 Å². The van der Waals surface area contributed by atoms with E-state index >= 15 is 0 Å². The Kier molecular flexibility index (Phi) is 6.99. The van der Waals surface area contributed by atoms with Crippen LogP contribution in [0.1, 0.15) is 26.3 Å². The molecule has 0 fully saturated rings. The molecule has 0 saturated heterocycles. The molecule has 0 unspecified atom stereocenters. The zero-order chi connectivity index (χ0) is 17.5. The third-order valence-corrected chi connectivity index (χ3v) is 2.64. The summed E-state index contributed by atoms with van der Waals surface area (Å²) in [6, 6.07) is 9.19. The van der Waals surface area contributed by atoms with E-state index in [4.69, 9.17) is 14.6 Å². The lowest BCUT2D eigenvalue weighted by Gasteiger charge is -2.27. The smallest absolute Gasteiger partial charge is 0.410 e. The zero-order valence-electron chi connectivity index (χ0n) is 13.6. The van der Waals surface area contributed by atoms with E-state index in [-0.39, 0.29) is 13.2 Å². The molecule has 0 heterocycles. The van der Waals surface area contributed by atoms with Crippen LogP contribution < -0.4 is 0 Å². The number of hydrogen-bond donors (Lipinski definition) is 2. The summed E-state index contributed by atoms with van der Waals surface area (Å²) in [6.07, 6.45) is -2.13. The van der Waals surface area contributed by atoms with E-state index in [9.17, 15) is 14.7 Å². The van der Waals surface area contributed by atoms with Gasteiger partial charge in [0.15, 0.2) is 6.29 Å². The van der Waals surface area contributed by atoms with Crippen LogP contribution in [0.4, 0.5) is 4.79 Å². The molecule has 0 bridgehead atoms. The maximum atomic E-state index is 12.0.